The van der Waals surface area contributed by atoms with Gasteiger partial charge in [0, 0.05) is 29.8 Å². The number of rotatable bonds is 4. The molecule has 15 heavy (non-hydrogen) atoms. The summed E-state index contributed by atoms with van der Waals surface area (Å²) in [5.41, 5.74) is 6.15. The van der Waals surface area contributed by atoms with Crippen molar-refractivity contribution in [3.05, 3.63) is 0 Å². The Bertz CT molecular complexity index is 173. The summed E-state index contributed by atoms with van der Waals surface area (Å²) in [6.45, 7) is 8.62. The molecule has 1 heterocycles. The molecule has 0 aromatic heterocycles. The third-order valence-electron chi connectivity index (χ3n) is 2.71. The zero-order chi connectivity index (χ0) is 11.3. The van der Waals surface area contributed by atoms with Gasteiger partial charge in [-0.05, 0) is 25.2 Å². The Morgan fingerprint density at radius 3 is 2.47 bits per heavy atom. The van der Waals surface area contributed by atoms with Crippen LogP contribution in [-0.2, 0) is 4.74 Å². The summed E-state index contributed by atoms with van der Waals surface area (Å²) in [5, 5.41) is 0. The van der Waals surface area contributed by atoms with Crippen LogP contribution in [0.3, 0.4) is 0 Å². The molecule has 1 saturated heterocycles. The van der Waals surface area contributed by atoms with Crippen molar-refractivity contribution in [3.8, 4) is 0 Å². The Hall–Kier alpha value is 0.270. The molecule has 1 unspecified atom stereocenters. The van der Waals surface area contributed by atoms with Crippen LogP contribution in [-0.4, -0.2) is 29.8 Å². The van der Waals surface area contributed by atoms with Gasteiger partial charge in [0.2, 0.25) is 0 Å². The van der Waals surface area contributed by atoms with Crippen molar-refractivity contribution in [1.29, 1.82) is 0 Å². The van der Waals surface area contributed by atoms with E-state index in [1.54, 1.807) is 0 Å². The normalized spacial score (nSPS) is 21.6. The number of nitrogens with two attached hydrogens (primary N) is 1. The summed E-state index contributed by atoms with van der Waals surface area (Å²) in [6.07, 6.45) is 3.58. The highest BCUT2D eigenvalue weighted by molar-refractivity contribution is 8.00. The molecule has 0 radical (unpaired) electrons. The van der Waals surface area contributed by atoms with E-state index < -0.39 is 0 Å². The quantitative estimate of drug-likeness (QED) is 0.808. The predicted molar refractivity (Wildman–Crippen MR) is 68.3 cm³/mol. The van der Waals surface area contributed by atoms with E-state index in [4.69, 9.17) is 10.5 Å². The van der Waals surface area contributed by atoms with Gasteiger partial charge in [0.25, 0.3) is 0 Å². The molecule has 1 aliphatic heterocycles. The molecule has 0 aromatic carbocycles. The molecule has 0 saturated carbocycles. The topological polar surface area (TPSA) is 35.2 Å². The molecule has 2 N–H and O–H groups in total. The summed E-state index contributed by atoms with van der Waals surface area (Å²) in [7, 11) is 0. The van der Waals surface area contributed by atoms with Gasteiger partial charge in [-0.2, -0.15) is 11.8 Å². The molecular weight excluding hydrogens is 206 g/mol. The van der Waals surface area contributed by atoms with Crippen LogP contribution in [0, 0.1) is 5.92 Å². The Morgan fingerprint density at radius 2 is 1.93 bits per heavy atom. The van der Waals surface area contributed by atoms with Crippen molar-refractivity contribution >= 4 is 11.8 Å². The average molecular weight is 231 g/mol. The summed E-state index contributed by atoms with van der Waals surface area (Å²) in [6, 6.07) is 0.359. The average Bonchev–Trinajstić information content (AvgIpc) is 2.15. The molecule has 0 aromatic rings. The highest BCUT2D eigenvalue weighted by Crippen LogP contribution is 2.26. The standard InChI is InChI=1S/C12H25NOS/c1-12(2,3)15-9-11(13)8-10-4-6-14-7-5-10/h10-11H,4-9,13H2,1-3H3. The van der Waals surface area contributed by atoms with Gasteiger partial charge in [-0.25, -0.2) is 0 Å². The molecular formula is C12H25NOS. The van der Waals surface area contributed by atoms with Gasteiger partial charge < -0.3 is 10.5 Å². The van der Waals surface area contributed by atoms with Crippen LogP contribution in [0.4, 0.5) is 0 Å². The fraction of sp³-hybridized carbons (Fsp3) is 1.00. The largest absolute Gasteiger partial charge is 0.381 e. The smallest absolute Gasteiger partial charge is 0.0468 e. The first-order chi connectivity index (χ1) is 6.97. The van der Waals surface area contributed by atoms with E-state index in [2.05, 4.69) is 20.8 Å². The predicted octanol–water partition coefficient (Wildman–Crippen LogP) is 2.66. The second-order valence-corrected chi connectivity index (χ2v) is 7.32. The van der Waals surface area contributed by atoms with Gasteiger partial charge in [0.1, 0.15) is 0 Å². The monoisotopic (exact) mass is 231 g/mol. The van der Waals surface area contributed by atoms with Crippen molar-refractivity contribution in [2.24, 2.45) is 11.7 Å². The van der Waals surface area contributed by atoms with Crippen LogP contribution in [0.5, 0.6) is 0 Å². The third kappa shape index (κ3) is 6.44. The zero-order valence-corrected chi connectivity index (χ0v) is 11.1. The van der Waals surface area contributed by atoms with E-state index in [-0.39, 0.29) is 0 Å². The first kappa shape index (κ1) is 13.3. The highest BCUT2D eigenvalue weighted by atomic mass is 32.2. The van der Waals surface area contributed by atoms with E-state index in [0.717, 1.165) is 24.9 Å². The minimum atomic E-state index is 0.341. The summed E-state index contributed by atoms with van der Waals surface area (Å²) in [4.78, 5) is 0. The van der Waals surface area contributed by atoms with Crippen LogP contribution in [0.25, 0.3) is 0 Å². The lowest BCUT2D eigenvalue weighted by molar-refractivity contribution is 0.0625. The van der Waals surface area contributed by atoms with Crippen molar-refractivity contribution in [2.45, 2.75) is 50.8 Å². The lowest BCUT2D eigenvalue weighted by Gasteiger charge is -2.26. The number of ether oxygens (including phenoxy) is 1. The molecule has 1 atom stereocenters. The maximum Gasteiger partial charge on any atom is 0.0468 e. The van der Waals surface area contributed by atoms with Crippen LogP contribution >= 0.6 is 11.8 Å². The molecule has 90 valence electrons. The number of thioether (sulfide) groups is 1. The second-order valence-electron chi connectivity index (χ2n) is 5.47. The Labute approximate surface area is 98.3 Å². The molecule has 1 fully saturated rings. The van der Waals surface area contributed by atoms with Gasteiger partial charge >= 0.3 is 0 Å². The van der Waals surface area contributed by atoms with Gasteiger partial charge in [-0.3, -0.25) is 0 Å². The molecule has 1 aliphatic rings. The highest BCUT2D eigenvalue weighted by Gasteiger charge is 2.19. The van der Waals surface area contributed by atoms with Crippen molar-refractivity contribution < 1.29 is 4.74 Å². The molecule has 1 rings (SSSR count). The van der Waals surface area contributed by atoms with E-state index in [1.807, 2.05) is 11.8 Å². The minimum Gasteiger partial charge on any atom is -0.381 e. The molecule has 0 aliphatic carbocycles. The van der Waals surface area contributed by atoms with Gasteiger partial charge in [0.05, 0.1) is 0 Å². The third-order valence-corrected chi connectivity index (χ3v) is 4.17. The Kier molecular flexibility index (Phi) is 5.44. The van der Waals surface area contributed by atoms with Crippen molar-refractivity contribution in [1.82, 2.24) is 0 Å². The van der Waals surface area contributed by atoms with E-state index in [1.165, 1.54) is 19.3 Å². The van der Waals surface area contributed by atoms with Gasteiger partial charge in [0.15, 0.2) is 0 Å². The second kappa shape index (κ2) is 6.12. The van der Waals surface area contributed by atoms with Crippen molar-refractivity contribution in [3.63, 3.8) is 0 Å². The summed E-state index contributed by atoms with van der Waals surface area (Å²) >= 11 is 1.97. The number of hydrogen-bond acceptors (Lipinski definition) is 3. The van der Waals surface area contributed by atoms with E-state index in [9.17, 15) is 0 Å². The SMILES string of the molecule is CC(C)(C)SCC(N)CC1CCOCC1. The van der Waals surface area contributed by atoms with Crippen LogP contribution in [0.2, 0.25) is 0 Å². The first-order valence-corrected chi connectivity index (χ1v) is 6.93. The fourth-order valence-corrected chi connectivity index (χ4v) is 2.69. The Morgan fingerprint density at radius 1 is 1.33 bits per heavy atom. The maximum atomic E-state index is 6.15. The molecule has 0 bridgehead atoms. The summed E-state index contributed by atoms with van der Waals surface area (Å²) in [5.74, 6) is 1.88. The van der Waals surface area contributed by atoms with Crippen LogP contribution in [0.15, 0.2) is 0 Å². The Balaban J connectivity index is 2.14. The van der Waals surface area contributed by atoms with Crippen LogP contribution in [0.1, 0.15) is 40.0 Å². The van der Waals surface area contributed by atoms with Crippen molar-refractivity contribution in [2.75, 3.05) is 19.0 Å². The maximum absolute atomic E-state index is 6.15. The van der Waals surface area contributed by atoms with E-state index in [0.29, 0.717) is 10.8 Å². The molecule has 0 spiro atoms. The lowest BCUT2D eigenvalue weighted by atomic mass is 9.93. The first-order valence-electron chi connectivity index (χ1n) is 5.94. The van der Waals surface area contributed by atoms with E-state index >= 15 is 0 Å². The number of hydrogen-bond donors (Lipinski definition) is 1. The van der Waals surface area contributed by atoms with Crippen LogP contribution < -0.4 is 5.73 Å². The van der Waals surface area contributed by atoms with Gasteiger partial charge in [-0.1, -0.05) is 20.8 Å². The minimum absolute atomic E-state index is 0.341. The lowest BCUT2D eigenvalue weighted by Crippen LogP contribution is -2.30. The van der Waals surface area contributed by atoms with Gasteiger partial charge in [-0.15, -0.1) is 0 Å². The molecule has 0 amide bonds. The zero-order valence-electron chi connectivity index (χ0n) is 10.3. The summed E-state index contributed by atoms with van der Waals surface area (Å²) < 4.78 is 5.69. The molecule has 3 heteroatoms. The molecule has 2 nitrogen and oxygen atoms in total. The fourth-order valence-electron chi connectivity index (χ4n) is 1.84.